The number of carbonyl (C=O) groups is 1. The average molecular weight is 440 g/mol. The van der Waals surface area contributed by atoms with Gasteiger partial charge < -0.3 is 20.1 Å². The highest BCUT2D eigenvalue weighted by Gasteiger charge is 2.34. The van der Waals surface area contributed by atoms with Gasteiger partial charge in [0.05, 0.1) is 19.8 Å². The third kappa shape index (κ3) is 3.82. The second-order valence-corrected chi connectivity index (χ2v) is 7.56. The molecular formula is C22H22ClN5O3. The molecule has 0 saturated carbocycles. The van der Waals surface area contributed by atoms with Crippen LogP contribution >= 0.6 is 11.6 Å². The number of carbonyl (C=O) groups excluding carboxylic acids is 1. The van der Waals surface area contributed by atoms with Crippen LogP contribution in [0.3, 0.4) is 0 Å². The van der Waals surface area contributed by atoms with Gasteiger partial charge in [-0.1, -0.05) is 23.7 Å². The molecule has 3 aromatic rings. The Morgan fingerprint density at radius 1 is 1.13 bits per heavy atom. The van der Waals surface area contributed by atoms with Crippen LogP contribution in [0.15, 0.2) is 54.0 Å². The Morgan fingerprint density at radius 2 is 1.90 bits per heavy atom. The summed E-state index contributed by atoms with van der Waals surface area (Å²) in [7, 11) is 3.15. The SMILES string of the molecule is COc1ccc(C2C(C(=O)Nc3cc(Cl)ccc3C)=C(C)Nc3ncnn32)cc1OC. The maximum Gasteiger partial charge on any atom is 0.255 e. The molecule has 9 heteroatoms. The Morgan fingerprint density at radius 3 is 2.65 bits per heavy atom. The second kappa shape index (κ2) is 8.31. The minimum absolute atomic E-state index is 0.267. The molecular weight excluding hydrogens is 418 g/mol. The topological polar surface area (TPSA) is 90.3 Å². The predicted molar refractivity (Wildman–Crippen MR) is 119 cm³/mol. The molecule has 0 bridgehead atoms. The lowest BCUT2D eigenvalue weighted by atomic mass is 9.94. The van der Waals surface area contributed by atoms with Gasteiger partial charge in [-0.25, -0.2) is 4.68 Å². The van der Waals surface area contributed by atoms with Crippen molar-refractivity contribution in [2.24, 2.45) is 0 Å². The zero-order valence-corrected chi connectivity index (χ0v) is 18.3. The molecule has 2 heterocycles. The van der Waals surface area contributed by atoms with Gasteiger partial charge in [-0.2, -0.15) is 10.1 Å². The van der Waals surface area contributed by atoms with Gasteiger partial charge in [0.25, 0.3) is 5.91 Å². The van der Waals surface area contributed by atoms with Crippen LogP contribution in [-0.2, 0) is 4.79 Å². The molecule has 1 aliphatic rings. The first kappa shape index (κ1) is 20.7. The molecule has 0 aliphatic carbocycles. The number of amides is 1. The van der Waals surface area contributed by atoms with Crippen LogP contribution in [0.2, 0.25) is 5.02 Å². The molecule has 1 aliphatic heterocycles. The van der Waals surface area contributed by atoms with E-state index in [0.717, 1.165) is 11.1 Å². The number of methoxy groups -OCH3 is 2. The monoisotopic (exact) mass is 439 g/mol. The van der Waals surface area contributed by atoms with Crippen molar-refractivity contribution in [3.05, 3.63) is 70.1 Å². The molecule has 4 rings (SSSR count). The lowest BCUT2D eigenvalue weighted by molar-refractivity contribution is -0.113. The van der Waals surface area contributed by atoms with Crippen molar-refractivity contribution in [2.75, 3.05) is 24.9 Å². The third-order valence-electron chi connectivity index (χ3n) is 5.21. The Balaban J connectivity index is 1.79. The summed E-state index contributed by atoms with van der Waals surface area (Å²) < 4.78 is 12.5. The maximum absolute atomic E-state index is 13.5. The number of benzene rings is 2. The van der Waals surface area contributed by atoms with Crippen molar-refractivity contribution in [1.29, 1.82) is 0 Å². The number of hydrogen-bond donors (Lipinski definition) is 2. The van der Waals surface area contributed by atoms with Gasteiger partial charge in [0.2, 0.25) is 5.95 Å². The van der Waals surface area contributed by atoms with E-state index in [4.69, 9.17) is 21.1 Å². The summed E-state index contributed by atoms with van der Waals surface area (Å²) in [5, 5.41) is 11.0. The number of nitrogens with one attached hydrogen (secondary N) is 2. The molecule has 31 heavy (non-hydrogen) atoms. The molecule has 160 valence electrons. The van der Waals surface area contributed by atoms with Crippen LogP contribution in [0, 0.1) is 6.92 Å². The Kier molecular flexibility index (Phi) is 5.56. The lowest BCUT2D eigenvalue weighted by Crippen LogP contribution is -2.31. The number of aryl methyl sites for hydroxylation is 1. The smallest absolute Gasteiger partial charge is 0.255 e. The summed E-state index contributed by atoms with van der Waals surface area (Å²) in [4.78, 5) is 17.7. The van der Waals surface area contributed by atoms with Crippen molar-refractivity contribution in [1.82, 2.24) is 14.8 Å². The van der Waals surface area contributed by atoms with Gasteiger partial charge in [-0.05, 0) is 49.2 Å². The molecule has 1 amide bonds. The van der Waals surface area contributed by atoms with Crippen LogP contribution in [0.25, 0.3) is 0 Å². The van der Waals surface area contributed by atoms with Gasteiger partial charge in [0.1, 0.15) is 12.4 Å². The van der Waals surface area contributed by atoms with Crippen molar-refractivity contribution >= 4 is 29.1 Å². The van der Waals surface area contributed by atoms with Crippen molar-refractivity contribution in [2.45, 2.75) is 19.9 Å². The predicted octanol–water partition coefficient (Wildman–Crippen LogP) is 4.18. The fraction of sp³-hybridized carbons (Fsp3) is 0.227. The molecule has 0 radical (unpaired) electrons. The van der Waals surface area contributed by atoms with Crippen LogP contribution < -0.4 is 20.1 Å². The largest absolute Gasteiger partial charge is 0.493 e. The molecule has 1 aromatic heterocycles. The van der Waals surface area contributed by atoms with Gasteiger partial charge >= 0.3 is 0 Å². The normalized spacial score (nSPS) is 15.2. The third-order valence-corrected chi connectivity index (χ3v) is 5.45. The fourth-order valence-electron chi connectivity index (χ4n) is 3.63. The van der Waals surface area contributed by atoms with E-state index in [9.17, 15) is 4.79 Å². The number of fused-ring (bicyclic) bond motifs is 1. The van der Waals surface area contributed by atoms with E-state index in [1.165, 1.54) is 6.33 Å². The first-order valence-corrected chi connectivity index (χ1v) is 9.97. The maximum atomic E-state index is 13.5. The second-order valence-electron chi connectivity index (χ2n) is 7.12. The summed E-state index contributed by atoms with van der Waals surface area (Å²) in [5.41, 5.74) is 3.54. The molecule has 2 N–H and O–H groups in total. The van der Waals surface area contributed by atoms with Crippen LogP contribution in [0.4, 0.5) is 11.6 Å². The number of ether oxygens (including phenoxy) is 2. The molecule has 0 saturated heterocycles. The summed E-state index contributed by atoms with van der Waals surface area (Å²) in [6, 6.07) is 10.4. The van der Waals surface area contributed by atoms with Crippen molar-refractivity contribution < 1.29 is 14.3 Å². The standard InChI is InChI=1S/C22H22ClN5O3/c1-12-5-7-15(23)10-16(12)27-21(29)19-13(2)26-22-24-11-25-28(22)20(19)14-6-8-17(30-3)18(9-14)31-4/h5-11,20H,1-4H3,(H,27,29)(H,24,25,26). The van der Waals surface area contributed by atoms with E-state index < -0.39 is 6.04 Å². The molecule has 0 spiro atoms. The number of allylic oxidation sites excluding steroid dienone is 1. The number of hydrogen-bond acceptors (Lipinski definition) is 6. The van der Waals surface area contributed by atoms with Crippen LogP contribution in [0.1, 0.15) is 24.1 Å². The summed E-state index contributed by atoms with van der Waals surface area (Å²) in [6.07, 6.45) is 1.45. The minimum atomic E-state index is -0.516. The molecule has 1 unspecified atom stereocenters. The molecule has 0 fully saturated rings. The van der Waals surface area contributed by atoms with E-state index in [-0.39, 0.29) is 5.91 Å². The van der Waals surface area contributed by atoms with Crippen molar-refractivity contribution in [3.63, 3.8) is 0 Å². The van der Waals surface area contributed by atoms with Gasteiger partial charge in [0.15, 0.2) is 11.5 Å². The number of halogens is 1. The molecule has 2 aromatic carbocycles. The summed E-state index contributed by atoms with van der Waals surface area (Å²) >= 11 is 6.13. The Hall–Kier alpha value is -3.52. The Bertz CT molecular complexity index is 1190. The number of rotatable bonds is 5. The van der Waals surface area contributed by atoms with Gasteiger partial charge in [0, 0.05) is 16.4 Å². The highest BCUT2D eigenvalue weighted by atomic mass is 35.5. The van der Waals surface area contributed by atoms with Crippen LogP contribution in [-0.4, -0.2) is 34.9 Å². The summed E-state index contributed by atoms with van der Waals surface area (Å²) in [5.74, 6) is 1.44. The minimum Gasteiger partial charge on any atom is -0.493 e. The first-order valence-electron chi connectivity index (χ1n) is 9.59. The summed E-state index contributed by atoms with van der Waals surface area (Å²) in [6.45, 7) is 3.75. The van der Waals surface area contributed by atoms with Gasteiger partial charge in [-0.15, -0.1) is 0 Å². The van der Waals surface area contributed by atoms with E-state index in [1.54, 1.807) is 37.1 Å². The van der Waals surface area contributed by atoms with E-state index in [1.807, 2.05) is 32.0 Å². The zero-order chi connectivity index (χ0) is 22.1. The van der Waals surface area contributed by atoms with E-state index in [2.05, 4.69) is 20.7 Å². The van der Waals surface area contributed by atoms with Crippen LogP contribution in [0.5, 0.6) is 11.5 Å². The fourth-order valence-corrected chi connectivity index (χ4v) is 3.81. The lowest BCUT2D eigenvalue weighted by Gasteiger charge is -2.29. The number of anilines is 2. The van der Waals surface area contributed by atoms with Crippen molar-refractivity contribution in [3.8, 4) is 11.5 Å². The Labute approximate surface area is 184 Å². The highest BCUT2D eigenvalue weighted by Crippen LogP contribution is 2.38. The number of aromatic nitrogens is 3. The zero-order valence-electron chi connectivity index (χ0n) is 17.6. The van der Waals surface area contributed by atoms with Gasteiger partial charge in [-0.3, -0.25) is 4.79 Å². The van der Waals surface area contributed by atoms with E-state index >= 15 is 0 Å². The number of nitrogens with zero attached hydrogens (tertiary/aromatic N) is 3. The molecule has 8 nitrogen and oxygen atoms in total. The highest BCUT2D eigenvalue weighted by molar-refractivity contribution is 6.31. The molecule has 1 atom stereocenters. The first-order chi connectivity index (χ1) is 14.9. The quantitative estimate of drug-likeness (QED) is 0.619. The van der Waals surface area contributed by atoms with E-state index in [0.29, 0.717) is 39.4 Å². The average Bonchev–Trinajstić information content (AvgIpc) is 3.22.